The number of aliphatic imine (C=N–C) groups is 1. The van der Waals surface area contributed by atoms with E-state index in [0.717, 1.165) is 22.5 Å². The second-order valence-electron chi connectivity index (χ2n) is 7.50. The first-order chi connectivity index (χ1) is 14.5. The van der Waals surface area contributed by atoms with E-state index in [0.29, 0.717) is 22.5 Å². The summed E-state index contributed by atoms with van der Waals surface area (Å²) in [5.41, 5.74) is 5.40. The number of benzene rings is 2. The molecule has 0 N–H and O–H groups in total. The van der Waals surface area contributed by atoms with Gasteiger partial charge in [-0.05, 0) is 42.2 Å². The van der Waals surface area contributed by atoms with Crippen molar-refractivity contribution in [3.05, 3.63) is 88.9 Å². The van der Waals surface area contributed by atoms with Crippen molar-refractivity contribution in [1.29, 1.82) is 0 Å². The minimum absolute atomic E-state index is 0.130. The molecule has 0 atom stereocenters. The van der Waals surface area contributed by atoms with Crippen LogP contribution in [0, 0.1) is 6.92 Å². The molecule has 1 aliphatic rings. The number of hydrogen-bond donors (Lipinski definition) is 0. The van der Waals surface area contributed by atoms with Crippen molar-refractivity contribution in [3.8, 4) is 0 Å². The van der Waals surface area contributed by atoms with Crippen LogP contribution in [0.4, 0.5) is 5.69 Å². The number of thioether (sulfide) groups is 1. The highest BCUT2D eigenvalue weighted by Crippen LogP contribution is 2.31. The second-order valence-corrected chi connectivity index (χ2v) is 8.44. The number of aromatic nitrogens is 1. The molecule has 0 saturated heterocycles. The summed E-state index contributed by atoms with van der Waals surface area (Å²) in [7, 11) is 0. The molecular weight excluding hydrogens is 394 g/mol. The van der Waals surface area contributed by atoms with E-state index in [-0.39, 0.29) is 5.91 Å². The van der Waals surface area contributed by atoms with Gasteiger partial charge in [0.1, 0.15) is 12.0 Å². The summed E-state index contributed by atoms with van der Waals surface area (Å²) in [6, 6.07) is 17.9. The quantitative estimate of drug-likeness (QED) is 0.494. The van der Waals surface area contributed by atoms with Crippen LogP contribution in [0.1, 0.15) is 42.1 Å². The molecule has 6 heteroatoms. The molecule has 0 fully saturated rings. The largest absolute Gasteiger partial charge is 0.364 e. The van der Waals surface area contributed by atoms with Crippen LogP contribution in [0.5, 0.6) is 0 Å². The highest BCUT2D eigenvalue weighted by molar-refractivity contribution is 8.13. The van der Waals surface area contributed by atoms with Crippen molar-refractivity contribution in [2.24, 2.45) is 4.99 Å². The van der Waals surface area contributed by atoms with Gasteiger partial charge < -0.3 is 4.52 Å². The minimum Gasteiger partial charge on any atom is -0.364 e. The Morgan fingerprint density at radius 3 is 2.43 bits per heavy atom. The Morgan fingerprint density at radius 1 is 1.07 bits per heavy atom. The molecule has 30 heavy (non-hydrogen) atoms. The Kier molecular flexibility index (Phi) is 5.86. The van der Waals surface area contributed by atoms with Crippen LogP contribution in [-0.2, 0) is 10.5 Å². The van der Waals surface area contributed by atoms with E-state index >= 15 is 0 Å². The van der Waals surface area contributed by atoms with Gasteiger partial charge in [-0.1, -0.05) is 72.7 Å². The first kappa shape index (κ1) is 20.2. The second kappa shape index (κ2) is 8.71. The van der Waals surface area contributed by atoms with Crippen LogP contribution in [0.15, 0.2) is 76.1 Å². The molecule has 0 aliphatic carbocycles. The predicted octanol–water partition coefficient (Wildman–Crippen LogP) is 5.78. The molecule has 1 aliphatic heterocycles. The van der Waals surface area contributed by atoms with Crippen molar-refractivity contribution in [3.63, 3.8) is 0 Å². The molecule has 2 heterocycles. The molecular formula is C24H23N3O2S. The molecule has 1 aromatic heterocycles. The highest BCUT2D eigenvalue weighted by atomic mass is 32.2. The zero-order valence-corrected chi connectivity index (χ0v) is 18.0. The summed E-state index contributed by atoms with van der Waals surface area (Å²) in [4.78, 5) is 19.6. The molecule has 152 valence electrons. The SMILES string of the molecule is Cc1ccc(N2C(=O)/C(=C/c3ccc(C(C)C)cc3)N=C2SCc2ccon2)cc1. The third-order valence-electron chi connectivity index (χ3n) is 4.87. The summed E-state index contributed by atoms with van der Waals surface area (Å²) in [6.45, 7) is 6.35. The fourth-order valence-corrected chi connectivity index (χ4v) is 4.01. The van der Waals surface area contributed by atoms with Gasteiger partial charge in [-0.25, -0.2) is 4.99 Å². The topological polar surface area (TPSA) is 58.7 Å². The number of aryl methyl sites for hydroxylation is 1. The molecule has 0 radical (unpaired) electrons. The normalized spacial score (nSPS) is 15.3. The highest BCUT2D eigenvalue weighted by Gasteiger charge is 2.32. The first-order valence-corrected chi connectivity index (χ1v) is 10.8. The lowest BCUT2D eigenvalue weighted by atomic mass is 10.0. The monoisotopic (exact) mass is 417 g/mol. The molecule has 1 amide bonds. The van der Waals surface area contributed by atoms with E-state index in [1.165, 1.54) is 17.3 Å². The maximum absolute atomic E-state index is 13.2. The van der Waals surface area contributed by atoms with Gasteiger partial charge in [0.05, 0.1) is 11.4 Å². The van der Waals surface area contributed by atoms with Crippen LogP contribution in [0.25, 0.3) is 6.08 Å². The van der Waals surface area contributed by atoms with E-state index in [2.05, 4.69) is 36.1 Å². The van der Waals surface area contributed by atoms with Crippen LogP contribution >= 0.6 is 11.8 Å². The van der Waals surface area contributed by atoms with Crippen LogP contribution < -0.4 is 4.90 Å². The van der Waals surface area contributed by atoms with Gasteiger partial charge in [-0.3, -0.25) is 9.69 Å². The van der Waals surface area contributed by atoms with E-state index in [1.54, 1.807) is 11.2 Å². The van der Waals surface area contributed by atoms with Crippen molar-refractivity contribution in [2.45, 2.75) is 32.4 Å². The molecule has 2 aromatic carbocycles. The first-order valence-electron chi connectivity index (χ1n) is 9.85. The maximum Gasteiger partial charge on any atom is 0.283 e. The smallest absolute Gasteiger partial charge is 0.283 e. The van der Waals surface area contributed by atoms with E-state index < -0.39 is 0 Å². The Morgan fingerprint density at radius 2 is 1.80 bits per heavy atom. The summed E-state index contributed by atoms with van der Waals surface area (Å²) >= 11 is 1.47. The van der Waals surface area contributed by atoms with Gasteiger partial charge in [-0.15, -0.1) is 0 Å². The minimum atomic E-state index is -0.130. The van der Waals surface area contributed by atoms with Crippen molar-refractivity contribution in [1.82, 2.24) is 5.16 Å². The number of hydrogen-bond acceptors (Lipinski definition) is 5. The Labute approximate surface area is 180 Å². The Hall–Kier alpha value is -3.12. The summed E-state index contributed by atoms with van der Waals surface area (Å²) in [5, 5.41) is 4.58. The van der Waals surface area contributed by atoms with Crippen LogP contribution in [0.2, 0.25) is 0 Å². The lowest BCUT2D eigenvalue weighted by molar-refractivity contribution is -0.113. The van der Waals surface area contributed by atoms with E-state index in [4.69, 9.17) is 4.52 Å². The molecule has 5 nitrogen and oxygen atoms in total. The Bertz CT molecular complexity index is 1080. The number of amides is 1. The zero-order chi connectivity index (χ0) is 21.1. The van der Waals surface area contributed by atoms with Gasteiger partial charge in [0, 0.05) is 11.8 Å². The number of rotatable bonds is 5. The third-order valence-corrected chi connectivity index (χ3v) is 5.84. The van der Waals surface area contributed by atoms with Crippen molar-refractivity contribution < 1.29 is 9.32 Å². The van der Waals surface area contributed by atoms with E-state index in [1.807, 2.05) is 55.5 Å². The number of amidine groups is 1. The van der Waals surface area contributed by atoms with Gasteiger partial charge in [0.25, 0.3) is 5.91 Å². The average Bonchev–Trinajstić information content (AvgIpc) is 3.36. The third kappa shape index (κ3) is 4.39. The van der Waals surface area contributed by atoms with Crippen molar-refractivity contribution >= 4 is 34.6 Å². The number of carbonyl (C=O) groups excluding carboxylic acids is 1. The zero-order valence-electron chi connectivity index (χ0n) is 17.2. The fourth-order valence-electron chi connectivity index (χ4n) is 3.10. The van der Waals surface area contributed by atoms with Crippen LogP contribution in [-0.4, -0.2) is 16.2 Å². The number of carbonyl (C=O) groups is 1. The Balaban J connectivity index is 1.64. The molecule has 0 unspecified atom stereocenters. The molecule has 3 aromatic rings. The average molecular weight is 418 g/mol. The fraction of sp³-hybridized carbons (Fsp3) is 0.208. The van der Waals surface area contributed by atoms with Gasteiger partial charge in [0.15, 0.2) is 5.17 Å². The summed E-state index contributed by atoms with van der Waals surface area (Å²) < 4.78 is 4.91. The van der Waals surface area contributed by atoms with Crippen molar-refractivity contribution in [2.75, 3.05) is 4.90 Å². The predicted molar refractivity (Wildman–Crippen MR) is 122 cm³/mol. The molecule has 4 rings (SSSR count). The maximum atomic E-state index is 13.2. The standard InChI is InChI=1S/C24H23N3O2S/c1-16(2)19-8-6-18(7-9-19)14-22-23(28)27(21-10-4-17(3)5-11-21)24(25-22)30-15-20-12-13-29-26-20/h4-14,16H,15H2,1-3H3/b22-14-. The number of anilines is 1. The molecule has 0 bridgehead atoms. The lowest BCUT2D eigenvalue weighted by Crippen LogP contribution is -2.30. The lowest BCUT2D eigenvalue weighted by Gasteiger charge is -2.17. The molecule has 0 saturated carbocycles. The summed E-state index contributed by atoms with van der Waals surface area (Å²) in [5.74, 6) is 0.908. The van der Waals surface area contributed by atoms with Crippen LogP contribution in [0.3, 0.4) is 0 Å². The van der Waals surface area contributed by atoms with Gasteiger partial charge in [-0.2, -0.15) is 0 Å². The van der Waals surface area contributed by atoms with Gasteiger partial charge in [0.2, 0.25) is 0 Å². The van der Waals surface area contributed by atoms with Gasteiger partial charge >= 0.3 is 0 Å². The summed E-state index contributed by atoms with van der Waals surface area (Å²) in [6.07, 6.45) is 3.39. The van der Waals surface area contributed by atoms with E-state index in [9.17, 15) is 4.79 Å². The molecule has 0 spiro atoms. The number of nitrogens with zero attached hydrogens (tertiary/aromatic N) is 3.